The highest BCUT2D eigenvalue weighted by Crippen LogP contribution is 2.35. The van der Waals surface area contributed by atoms with E-state index in [0.717, 1.165) is 41.7 Å². The molecule has 3 heterocycles. The second-order valence-corrected chi connectivity index (χ2v) is 6.29. The number of nitrogens with one attached hydrogen (secondary N) is 1. The van der Waals surface area contributed by atoms with Gasteiger partial charge in [-0.05, 0) is 55.5 Å². The largest absolute Gasteiger partial charge is 0.464 e. The third kappa shape index (κ3) is 2.37. The molecule has 4 rings (SSSR count). The number of ether oxygens (including phenoxy) is 1. The van der Waals surface area contributed by atoms with Crippen molar-refractivity contribution in [3.05, 3.63) is 58.7 Å². The minimum absolute atomic E-state index is 0.364. The molecule has 5 nitrogen and oxygen atoms in total. The Kier molecular flexibility index (Phi) is 3.56. The van der Waals surface area contributed by atoms with Crippen molar-refractivity contribution >= 4 is 17.0 Å². The van der Waals surface area contributed by atoms with Crippen LogP contribution in [0, 0.1) is 6.92 Å². The van der Waals surface area contributed by atoms with Crippen LogP contribution in [-0.4, -0.2) is 28.0 Å². The Bertz CT molecular complexity index is 915. The van der Waals surface area contributed by atoms with Gasteiger partial charge in [-0.15, -0.1) is 0 Å². The average molecular weight is 321 g/mol. The monoisotopic (exact) mass is 321 g/mol. The first-order valence-electron chi connectivity index (χ1n) is 8.17. The summed E-state index contributed by atoms with van der Waals surface area (Å²) in [7, 11) is 1.39. The SMILES string of the molecule is COC(=O)c1cc2c(C)c3c(nc2[nH]1)CCC(c1ccccn1)C3. The molecule has 3 aromatic heterocycles. The predicted octanol–water partition coefficient (Wildman–Crippen LogP) is 3.33. The number of aromatic nitrogens is 3. The molecule has 0 saturated carbocycles. The summed E-state index contributed by atoms with van der Waals surface area (Å²) >= 11 is 0. The standard InChI is InChI=1S/C19H19N3O2/c1-11-13-9-12(15-5-3-4-8-20-15)6-7-16(13)21-18-14(11)10-17(22-18)19(23)24-2/h3-5,8,10,12H,6-7,9H2,1-2H3,(H,21,22). The number of esters is 1. The van der Waals surface area contributed by atoms with Gasteiger partial charge in [0.15, 0.2) is 0 Å². The van der Waals surface area contributed by atoms with Gasteiger partial charge in [-0.2, -0.15) is 0 Å². The maximum atomic E-state index is 11.8. The van der Waals surface area contributed by atoms with E-state index in [1.54, 1.807) is 0 Å². The lowest BCUT2D eigenvalue weighted by Crippen LogP contribution is -2.16. The molecule has 122 valence electrons. The number of nitrogens with zero attached hydrogens (tertiary/aromatic N) is 2. The van der Waals surface area contributed by atoms with Crippen molar-refractivity contribution in [2.24, 2.45) is 0 Å². The summed E-state index contributed by atoms with van der Waals surface area (Å²) in [6.07, 6.45) is 4.78. The van der Waals surface area contributed by atoms with Crippen molar-refractivity contribution in [3.8, 4) is 0 Å². The van der Waals surface area contributed by atoms with Gasteiger partial charge in [0.1, 0.15) is 11.3 Å². The van der Waals surface area contributed by atoms with Crippen molar-refractivity contribution in [3.63, 3.8) is 0 Å². The quantitative estimate of drug-likeness (QED) is 0.735. The molecule has 24 heavy (non-hydrogen) atoms. The molecular formula is C19H19N3O2. The van der Waals surface area contributed by atoms with Gasteiger partial charge >= 0.3 is 5.97 Å². The number of hydrogen-bond acceptors (Lipinski definition) is 4. The van der Waals surface area contributed by atoms with Crippen LogP contribution in [0.15, 0.2) is 30.5 Å². The molecule has 1 atom stereocenters. The number of aromatic amines is 1. The van der Waals surface area contributed by atoms with Gasteiger partial charge in [-0.3, -0.25) is 4.98 Å². The lowest BCUT2D eigenvalue weighted by molar-refractivity contribution is 0.0595. The van der Waals surface area contributed by atoms with E-state index in [1.807, 2.05) is 24.4 Å². The molecule has 0 aliphatic heterocycles. The zero-order valence-electron chi connectivity index (χ0n) is 13.8. The Balaban J connectivity index is 1.76. The summed E-state index contributed by atoms with van der Waals surface area (Å²) in [4.78, 5) is 24.1. The van der Waals surface area contributed by atoms with Crippen LogP contribution >= 0.6 is 0 Å². The topological polar surface area (TPSA) is 67.9 Å². The zero-order chi connectivity index (χ0) is 16.7. The van der Waals surface area contributed by atoms with Crippen LogP contribution in [0.1, 0.15) is 45.3 Å². The number of hydrogen-bond donors (Lipinski definition) is 1. The summed E-state index contributed by atoms with van der Waals surface area (Å²) in [5.41, 5.74) is 5.98. The number of pyridine rings is 2. The van der Waals surface area contributed by atoms with Crippen molar-refractivity contribution in [2.75, 3.05) is 7.11 Å². The van der Waals surface area contributed by atoms with Crippen molar-refractivity contribution in [1.29, 1.82) is 0 Å². The van der Waals surface area contributed by atoms with Crippen LogP contribution in [0.5, 0.6) is 0 Å². The minimum atomic E-state index is -0.364. The van der Waals surface area contributed by atoms with Gasteiger partial charge in [-0.1, -0.05) is 6.07 Å². The molecule has 0 radical (unpaired) electrons. The molecule has 5 heteroatoms. The fraction of sp³-hybridized carbons (Fsp3) is 0.316. The van der Waals surface area contributed by atoms with E-state index in [1.165, 1.54) is 18.2 Å². The second kappa shape index (κ2) is 5.74. The summed E-state index contributed by atoms with van der Waals surface area (Å²) in [6.45, 7) is 2.11. The number of aryl methyl sites for hydroxylation is 2. The van der Waals surface area contributed by atoms with Crippen LogP contribution in [0.25, 0.3) is 11.0 Å². The lowest BCUT2D eigenvalue weighted by atomic mass is 9.82. The highest BCUT2D eigenvalue weighted by molar-refractivity contribution is 5.95. The van der Waals surface area contributed by atoms with E-state index in [9.17, 15) is 4.79 Å². The first kappa shape index (κ1) is 14.9. The fourth-order valence-electron chi connectivity index (χ4n) is 3.63. The molecule has 1 aliphatic carbocycles. The number of carbonyl (C=O) groups is 1. The fourth-order valence-corrected chi connectivity index (χ4v) is 3.63. The minimum Gasteiger partial charge on any atom is -0.464 e. The van der Waals surface area contributed by atoms with E-state index in [-0.39, 0.29) is 5.97 Å². The van der Waals surface area contributed by atoms with Crippen LogP contribution in [0.2, 0.25) is 0 Å². The Morgan fingerprint density at radius 1 is 1.38 bits per heavy atom. The lowest BCUT2D eigenvalue weighted by Gasteiger charge is -2.25. The first-order valence-corrected chi connectivity index (χ1v) is 8.17. The summed E-state index contributed by atoms with van der Waals surface area (Å²) in [5, 5.41) is 0.996. The predicted molar refractivity (Wildman–Crippen MR) is 91.2 cm³/mol. The second-order valence-electron chi connectivity index (χ2n) is 6.29. The molecule has 0 aromatic carbocycles. The van der Waals surface area contributed by atoms with Gasteiger partial charge in [0.05, 0.1) is 7.11 Å². The maximum absolute atomic E-state index is 11.8. The van der Waals surface area contributed by atoms with Crippen LogP contribution in [-0.2, 0) is 17.6 Å². The van der Waals surface area contributed by atoms with Gasteiger partial charge in [0.25, 0.3) is 0 Å². The Labute approximate surface area is 140 Å². The molecule has 0 amide bonds. The number of fused-ring (bicyclic) bond motifs is 2. The van der Waals surface area contributed by atoms with E-state index in [0.29, 0.717) is 11.6 Å². The Morgan fingerprint density at radius 2 is 2.25 bits per heavy atom. The highest BCUT2D eigenvalue weighted by Gasteiger charge is 2.25. The molecule has 3 aromatic rings. The molecule has 1 N–H and O–H groups in total. The van der Waals surface area contributed by atoms with Gasteiger partial charge in [0.2, 0.25) is 0 Å². The number of carbonyl (C=O) groups excluding carboxylic acids is 1. The first-order chi connectivity index (χ1) is 11.7. The van der Waals surface area contributed by atoms with Crippen LogP contribution in [0.3, 0.4) is 0 Å². The smallest absolute Gasteiger partial charge is 0.354 e. The summed E-state index contributed by atoms with van der Waals surface area (Å²) in [6, 6.07) is 7.93. The number of H-pyrrole nitrogens is 1. The number of rotatable bonds is 2. The van der Waals surface area contributed by atoms with Crippen molar-refractivity contribution in [1.82, 2.24) is 15.0 Å². The van der Waals surface area contributed by atoms with Crippen LogP contribution in [0.4, 0.5) is 0 Å². The Morgan fingerprint density at radius 3 is 3.00 bits per heavy atom. The molecule has 1 unspecified atom stereocenters. The Hall–Kier alpha value is -2.69. The van der Waals surface area contributed by atoms with Gasteiger partial charge in [-0.25, -0.2) is 9.78 Å². The van der Waals surface area contributed by atoms with Gasteiger partial charge < -0.3 is 9.72 Å². The van der Waals surface area contributed by atoms with E-state index < -0.39 is 0 Å². The molecule has 0 spiro atoms. The zero-order valence-corrected chi connectivity index (χ0v) is 13.8. The van der Waals surface area contributed by atoms with Crippen molar-refractivity contribution < 1.29 is 9.53 Å². The molecule has 0 bridgehead atoms. The number of methoxy groups -OCH3 is 1. The highest BCUT2D eigenvalue weighted by atomic mass is 16.5. The molecule has 0 fully saturated rings. The maximum Gasteiger partial charge on any atom is 0.354 e. The molecule has 1 aliphatic rings. The third-order valence-corrected chi connectivity index (χ3v) is 4.94. The van der Waals surface area contributed by atoms with Crippen molar-refractivity contribution in [2.45, 2.75) is 32.1 Å². The third-order valence-electron chi connectivity index (χ3n) is 4.94. The molecular weight excluding hydrogens is 302 g/mol. The van der Waals surface area contributed by atoms with E-state index >= 15 is 0 Å². The summed E-state index contributed by atoms with van der Waals surface area (Å²) in [5.74, 6) is 0.0624. The molecule has 0 saturated heterocycles. The van der Waals surface area contributed by atoms with E-state index in [4.69, 9.17) is 9.72 Å². The summed E-state index contributed by atoms with van der Waals surface area (Å²) < 4.78 is 4.80. The van der Waals surface area contributed by atoms with Gasteiger partial charge in [0, 0.05) is 28.9 Å². The van der Waals surface area contributed by atoms with Crippen LogP contribution < -0.4 is 0 Å². The normalized spacial score (nSPS) is 16.8. The van der Waals surface area contributed by atoms with E-state index in [2.05, 4.69) is 23.0 Å². The average Bonchev–Trinajstić information content (AvgIpc) is 3.06.